The lowest BCUT2D eigenvalue weighted by atomic mass is 9.94. The van der Waals surface area contributed by atoms with Gasteiger partial charge in [0.15, 0.2) is 0 Å². The quantitative estimate of drug-likeness (QED) is 0.896. The zero-order valence-corrected chi connectivity index (χ0v) is 13.7. The van der Waals surface area contributed by atoms with Crippen molar-refractivity contribution in [2.75, 3.05) is 32.7 Å². The highest BCUT2D eigenvalue weighted by Crippen LogP contribution is 2.22. The van der Waals surface area contributed by atoms with Crippen LogP contribution in [-0.4, -0.2) is 60.4 Å². The largest absolute Gasteiger partial charge is 0.339 e. The van der Waals surface area contributed by atoms with Crippen molar-refractivity contribution in [2.45, 2.75) is 25.8 Å². The van der Waals surface area contributed by atoms with Crippen LogP contribution in [0.4, 0.5) is 0 Å². The summed E-state index contributed by atoms with van der Waals surface area (Å²) in [6.07, 6.45) is 1.54. The smallest absolute Gasteiger partial charge is 0.253 e. The summed E-state index contributed by atoms with van der Waals surface area (Å²) in [5.41, 5.74) is 0.730. The molecular formula is C18H25N3O2. The molecule has 0 aliphatic carbocycles. The first kappa shape index (κ1) is 16.0. The predicted molar refractivity (Wildman–Crippen MR) is 89.1 cm³/mol. The number of hydrogen-bond donors (Lipinski definition) is 1. The lowest BCUT2D eigenvalue weighted by Gasteiger charge is -2.39. The van der Waals surface area contributed by atoms with Crippen LogP contribution in [0.15, 0.2) is 30.3 Å². The number of hydrogen-bond acceptors (Lipinski definition) is 3. The fourth-order valence-electron chi connectivity index (χ4n) is 3.50. The SMILES string of the molecule is CC1CNCCN1C(=O)C1CCN(C(=O)c2ccccc2)CC1. The van der Waals surface area contributed by atoms with E-state index < -0.39 is 0 Å². The molecule has 2 amide bonds. The van der Waals surface area contributed by atoms with E-state index in [2.05, 4.69) is 12.2 Å². The van der Waals surface area contributed by atoms with E-state index in [1.54, 1.807) is 0 Å². The number of nitrogens with zero attached hydrogens (tertiary/aromatic N) is 2. The molecule has 2 aliphatic rings. The second-order valence-corrected chi connectivity index (χ2v) is 6.52. The molecule has 1 aromatic rings. The number of piperidine rings is 1. The topological polar surface area (TPSA) is 52.7 Å². The van der Waals surface area contributed by atoms with E-state index >= 15 is 0 Å². The van der Waals surface area contributed by atoms with Crippen LogP contribution < -0.4 is 5.32 Å². The summed E-state index contributed by atoms with van der Waals surface area (Å²) in [4.78, 5) is 29.0. The number of benzene rings is 1. The Hall–Kier alpha value is -1.88. The van der Waals surface area contributed by atoms with Gasteiger partial charge in [-0.2, -0.15) is 0 Å². The molecule has 124 valence electrons. The summed E-state index contributed by atoms with van der Waals surface area (Å²) in [7, 11) is 0. The van der Waals surface area contributed by atoms with E-state index in [0.717, 1.165) is 38.0 Å². The monoisotopic (exact) mass is 315 g/mol. The van der Waals surface area contributed by atoms with E-state index in [9.17, 15) is 9.59 Å². The molecule has 0 spiro atoms. The third-order valence-corrected chi connectivity index (χ3v) is 4.94. The molecule has 1 unspecified atom stereocenters. The number of nitrogens with one attached hydrogen (secondary N) is 1. The molecule has 0 bridgehead atoms. The van der Waals surface area contributed by atoms with Gasteiger partial charge in [-0.25, -0.2) is 0 Å². The Morgan fingerprint density at radius 3 is 2.43 bits per heavy atom. The van der Waals surface area contributed by atoms with Gasteiger partial charge in [-0.3, -0.25) is 9.59 Å². The van der Waals surface area contributed by atoms with E-state index in [1.807, 2.05) is 40.1 Å². The Bertz CT molecular complexity index is 553. The summed E-state index contributed by atoms with van der Waals surface area (Å²) in [5, 5.41) is 3.32. The highest BCUT2D eigenvalue weighted by atomic mass is 16.2. The zero-order valence-electron chi connectivity index (χ0n) is 13.7. The van der Waals surface area contributed by atoms with Crippen molar-refractivity contribution in [3.8, 4) is 0 Å². The predicted octanol–water partition coefficient (Wildman–Crippen LogP) is 1.36. The lowest BCUT2D eigenvalue weighted by Crippen LogP contribution is -2.55. The van der Waals surface area contributed by atoms with Gasteiger partial charge in [0, 0.05) is 50.2 Å². The Balaban J connectivity index is 1.56. The number of rotatable bonds is 2. The fraction of sp³-hybridized carbons (Fsp3) is 0.556. The number of piperazine rings is 1. The number of carbonyl (C=O) groups excluding carboxylic acids is 2. The molecule has 2 fully saturated rings. The van der Waals surface area contributed by atoms with Gasteiger partial charge < -0.3 is 15.1 Å². The first-order valence-electron chi connectivity index (χ1n) is 8.52. The minimum Gasteiger partial charge on any atom is -0.339 e. The molecule has 3 rings (SSSR count). The Labute approximate surface area is 137 Å². The van der Waals surface area contributed by atoms with Gasteiger partial charge in [0.1, 0.15) is 0 Å². The van der Waals surface area contributed by atoms with Crippen molar-refractivity contribution in [3.63, 3.8) is 0 Å². The van der Waals surface area contributed by atoms with Gasteiger partial charge >= 0.3 is 0 Å². The van der Waals surface area contributed by atoms with E-state index in [4.69, 9.17) is 0 Å². The minimum atomic E-state index is 0.0652. The fourth-order valence-corrected chi connectivity index (χ4v) is 3.50. The number of likely N-dealkylation sites (tertiary alicyclic amines) is 1. The normalized spacial score (nSPS) is 22.9. The second kappa shape index (κ2) is 7.13. The Morgan fingerprint density at radius 2 is 1.78 bits per heavy atom. The van der Waals surface area contributed by atoms with Crippen LogP contribution in [0, 0.1) is 5.92 Å². The minimum absolute atomic E-state index is 0.0652. The summed E-state index contributed by atoms with van der Waals surface area (Å²) >= 11 is 0. The maximum atomic E-state index is 12.7. The summed E-state index contributed by atoms with van der Waals surface area (Å²) in [5.74, 6) is 0.410. The Kier molecular flexibility index (Phi) is 4.96. The molecule has 0 saturated carbocycles. The van der Waals surface area contributed by atoms with Crippen LogP contribution in [0.3, 0.4) is 0 Å². The lowest BCUT2D eigenvalue weighted by molar-refractivity contribution is -0.139. The third-order valence-electron chi connectivity index (χ3n) is 4.94. The van der Waals surface area contributed by atoms with Crippen molar-refractivity contribution in [1.82, 2.24) is 15.1 Å². The van der Waals surface area contributed by atoms with Gasteiger partial charge in [0.25, 0.3) is 5.91 Å². The number of amides is 2. The molecule has 5 nitrogen and oxygen atoms in total. The van der Waals surface area contributed by atoms with Crippen molar-refractivity contribution < 1.29 is 9.59 Å². The molecule has 2 saturated heterocycles. The maximum Gasteiger partial charge on any atom is 0.253 e. The van der Waals surface area contributed by atoms with Crippen molar-refractivity contribution in [3.05, 3.63) is 35.9 Å². The molecule has 1 N–H and O–H groups in total. The van der Waals surface area contributed by atoms with Crippen LogP contribution >= 0.6 is 0 Å². The average Bonchev–Trinajstić information content (AvgIpc) is 2.62. The molecule has 2 heterocycles. The first-order chi connectivity index (χ1) is 11.2. The zero-order chi connectivity index (χ0) is 16.2. The molecule has 2 aliphatic heterocycles. The van der Waals surface area contributed by atoms with Gasteiger partial charge in [-0.1, -0.05) is 18.2 Å². The van der Waals surface area contributed by atoms with Gasteiger partial charge in [-0.05, 0) is 31.9 Å². The summed E-state index contributed by atoms with van der Waals surface area (Å²) in [6.45, 7) is 5.98. The number of carbonyl (C=O) groups is 2. The van der Waals surface area contributed by atoms with Crippen LogP contribution in [0.5, 0.6) is 0 Å². The molecular weight excluding hydrogens is 290 g/mol. The summed E-state index contributed by atoms with van der Waals surface area (Å²) in [6, 6.07) is 9.64. The highest BCUT2D eigenvalue weighted by Gasteiger charge is 2.32. The van der Waals surface area contributed by atoms with E-state index in [1.165, 1.54) is 0 Å². The first-order valence-corrected chi connectivity index (χ1v) is 8.52. The maximum absolute atomic E-state index is 12.7. The van der Waals surface area contributed by atoms with Crippen LogP contribution in [0.25, 0.3) is 0 Å². The van der Waals surface area contributed by atoms with E-state index in [0.29, 0.717) is 13.1 Å². The van der Waals surface area contributed by atoms with Crippen molar-refractivity contribution in [1.29, 1.82) is 0 Å². The molecule has 1 aromatic carbocycles. The van der Waals surface area contributed by atoms with Gasteiger partial charge in [-0.15, -0.1) is 0 Å². The Morgan fingerprint density at radius 1 is 1.09 bits per heavy atom. The van der Waals surface area contributed by atoms with Crippen LogP contribution in [0.1, 0.15) is 30.1 Å². The molecule has 0 radical (unpaired) electrons. The second-order valence-electron chi connectivity index (χ2n) is 6.52. The average molecular weight is 315 g/mol. The highest BCUT2D eigenvalue weighted by molar-refractivity contribution is 5.94. The van der Waals surface area contributed by atoms with Crippen LogP contribution in [-0.2, 0) is 4.79 Å². The molecule has 0 aromatic heterocycles. The van der Waals surface area contributed by atoms with E-state index in [-0.39, 0.29) is 23.8 Å². The van der Waals surface area contributed by atoms with Gasteiger partial charge in [0.05, 0.1) is 0 Å². The molecule has 5 heteroatoms. The van der Waals surface area contributed by atoms with Crippen molar-refractivity contribution in [2.24, 2.45) is 5.92 Å². The molecule has 1 atom stereocenters. The summed E-state index contributed by atoms with van der Waals surface area (Å²) < 4.78 is 0. The molecule has 23 heavy (non-hydrogen) atoms. The van der Waals surface area contributed by atoms with Gasteiger partial charge in [0.2, 0.25) is 5.91 Å². The standard InChI is InChI=1S/C18H25N3O2/c1-14-13-19-9-12-21(14)18(23)16-7-10-20(11-8-16)17(22)15-5-3-2-4-6-15/h2-6,14,16,19H,7-13H2,1H3. The van der Waals surface area contributed by atoms with Crippen molar-refractivity contribution >= 4 is 11.8 Å². The third kappa shape index (κ3) is 3.55. The van der Waals surface area contributed by atoms with Crippen LogP contribution in [0.2, 0.25) is 0 Å².